The van der Waals surface area contributed by atoms with Crippen LogP contribution in [0.5, 0.6) is 0 Å². The van der Waals surface area contributed by atoms with Crippen molar-refractivity contribution in [2.45, 2.75) is 40.2 Å². The second kappa shape index (κ2) is 4.54. The van der Waals surface area contributed by atoms with Crippen molar-refractivity contribution in [3.05, 3.63) is 35.9 Å². The number of nitrogens with zero attached hydrogens (tertiary/aromatic N) is 1. The van der Waals surface area contributed by atoms with Crippen molar-refractivity contribution in [2.75, 3.05) is 0 Å². The molecule has 106 valence electrons. The van der Waals surface area contributed by atoms with Gasteiger partial charge in [-0.05, 0) is 36.7 Å². The SMILES string of the molecule is CC(=N[C@@H](C)c1ccccc1)C1C(=O)C[C@@H]2[C@H]1C2(C)C. The zero-order valence-electron chi connectivity index (χ0n) is 12.8. The van der Waals surface area contributed by atoms with Gasteiger partial charge in [-0.2, -0.15) is 0 Å². The molecule has 0 saturated heterocycles. The fraction of sp³-hybridized carbons (Fsp3) is 0.556. The van der Waals surface area contributed by atoms with E-state index in [0.29, 0.717) is 23.0 Å². The van der Waals surface area contributed by atoms with Gasteiger partial charge in [0.15, 0.2) is 0 Å². The Bertz CT molecular complexity index is 558. The van der Waals surface area contributed by atoms with Crippen LogP contribution in [0, 0.1) is 23.2 Å². The average Bonchev–Trinajstić information content (AvgIpc) is 2.78. The molecule has 0 aromatic heterocycles. The molecule has 20 heavy (non-hydrogen) atoms. The molecule has 0 amide bonds. The second-order valence-corrected chi connectivity index (χ2v) is 6.96. The van der Waals surface area contributed by atoms with Gasteiger partial charge in [-0.25, -0.2) is 0 Å². The molecule has 2 saturated carbocycles. The minimum atomic E-state index is 0.0705. The smallest absolute Gasteiger partial charge is 0.142 e. The number of Topliss-reactive ketones (excluding diaryl/α,β-unsaturated/α-hetero) is 1. The zero-order chi connectivity index (χ0) is 14.5. The van der Waals surface area contributed by atoms with E-state index in [1.807, 2.05) is 25.1 Å². The Kier molecular flexibility index (Phi) is 3.07. The van der Waals surface area contributed by atoms with Gasteiger partial charge >= 0.3 is 0 Å². The van der Waals surface area contributed by atoms with E-state index in [9.17, 15) is 4.79 Å². The summed E-state index contributed by atoms with van der Waals surface area (Å²) in [6, 6.07) is 10.4. The first-order valence-corrected chi connectivity index (χ1v) is 7.55. The lowest BCUT2D eigenvalue weighted by Gasteiger charge is -2.18. The first-order chi connectivity index (χ1) is 9.43. The molecule has 1 aromatic carbocycles. The molecule has 1 unspecified atom stereocenters. The van der Waals surface area contributed by atoms with Crippen LogP contribution in [0.1, 0.15) is 45.7 Å². The lowest BCUT2D eigenvalue weighted by Crippen LogP contribution is -2.24. The predicted octanol–water partition coefficient (Wildman–Crippen LogP) is 4.07. The molecule has 0 heterocycles. The minimum absolute atomic E-state index is 0.0705. The number of carbonyl (C=O) groups is 1. The first-order valence-electron chi connectivity index (χ1n) is 7.55. The molecule has 2 aliphatic rings. The van der Waals surface area contributed by atoms with Crippen molar-refractivity contribution >= 4 is 11.5 Å². The van der Waals surface area contributed by atoms with E-state index < -0.39 is 0 Å². The number of carbonyl (C=O) groups excluding carboxylic acids is 1. The summed E-state index contributed by atoms with van der Waals surface area (Å²) in [6.45, 7) is 8.72. The van der Waals surface area contributed by atoms with Crippen LogP contribution in [0.4, 0.5) is 0 Å². The molecule has 0 spiro atoms. The summed E-state index contributed by atoms with van der Waals surface area (Å²) in [4.78, 5) is 17.0. The molecule has 3 rings (SSSR count). The number of hydrogen-bond acceptors (Lipinski definition) is 2. The molecule has 2 heteroatoms. The highest BCUT2D eigenvalue weighted by Crippen LogP contribution is 2.68. The number of rotatable bonds is 3. The summed E-state index contributed by atoms with van der Waals surface area (Å²) in [5.74, 6) is 1.60. The summed E-state index contributed by atoms with van der Waals surface area (Å²) in [5, 5.41) is 0. The van der Waals surface area contributed by atoms with Gasteiger partial charge in [0.25, 0.3) is 0 Å². The fourth-order valence-electron chi connectivity index (χ4n) is 4.07. The molecule has 2 fully saturated rings. The van der Waals surface area contributed by atoms with Crippen LogP contribution >= 0.6 is 0 Å². The van der Waals surface area contributed by atoms with Gasteiger partial charge in [0, 0.05) is 12.1 Å². The topological polar surface area (TPSA) is 29.4 Å². The quantitative estimate of drug-likeness (QED) is 0.761. The number of benzene rings is 1. The van der Waals surface area contributed by atoms with E-state index >= 15 is 0 Å². The number of hydrogen-bond donors (Lipinski definition) is 0. The van der Waals surface area contributed by atoms with Crippen LogP contribution < -0.4 is 0 Å². The van der Waals surface area contributed by atoms with Gasteiger partial charge in [0.05, 0.1) is 12.0 Å². The monoisotopic (exact) mass is 269 g/mol. The standard InChI is InChI=1S/C18H23NO/c1-11(13-8-6-5-7-9-13)19-12(2)16-15(20)10-14-17(16)18(14,3)4/h5-9,11,14,16-17H,10H2,1-4H3/t11-,14+,16?,17+/m0/s1. The molecule has 0 N–H and O–H groups in total. The maximum Gasteiger partial charge on any atom is 0.142 e. The Hall–Kier alpha value is -1.44. The molecule has 0 radical (unpaired) electrons. The third kappa shape index (κ3) is 2.02. The Balaban J connectivity index is 1.80. The highest BCUT2D eigenvalue weighted by molar-refractivity contribution is 6.07. The van der Waals surface area contributed by atoms with Gasteiger partial charge in [0.2, 0.25) is 0 Å². The summed E-state index contributed by atoms with van der Waals surface area (Å²) in [7, 11) is 0. The van der Waals surface area contributed by atoms with Gasteiger partial charge < -0.3 is 0 Å². The summed E-state index contributed by atoms with van der Waals surface area (Å²) >= 11 is 0. The van der Waals surface area contributed by atoms with Crippen LogP contribution in [0.25, 0.3) is 0 Å². The van der Waals surface area contributed by atoms with Crippen molar-refractivity contribution in [3.8, 4) is 0 Å². The van der Waals surface area contributed by atoms with E-state index in [4.69, 9.17) is 4.99 Å². The highest BCUT2D eigenvalue weighted by Gasteiger charge is 2.67. The van der Waals surface area contributed by atoms with Crippen molar-refractivity contribution in [2.24, 2.45) is 28.2 Å². The van der Waals surface area contributed by atoms with Crippen molar-refractivity contribution in [1.29, 1.82) is 0 Å². The lowest BCUT2D eigenvalue weighted by atomic mass is 9.88. The number of aliphatic imine (C=N–C) groups is 1. The van der Waals surface area contributed by atoms with Gasteiger partial charge in [-0.1, -0.05) is 44.2 Å². The Labute approximate surface area is 121 Å². The summed E-state index contributed by atoms with van der Waals surface area (Å²) < 4.78 is 0. The number of fused-ring (bicyclic) bond motifs is 1. The van der Waals surface area contributed by atoms with E-state index in [1.165, 1.54) is 5.56 Å². The minimum Gasteiger partial charge on any atom is -0.299 e. The molecule has 0 aliphatic heterocycles. The highest BCUT2D eigenvalue weighted by atomic mass is 16.1. The van der Waals surface area contributed by atoms with Gasteiger partial charge in [0.1, 0.15) is 5.78 Å². The lowest BCUT2D eigenvalue weighted by molar-refractivity contribution is -0.120. The summed E-state index contributed by atoms with van der Waals surface area (Å²) in [5.41, 5.74) is 2.58. The van der Waals surface area contributed by atoms with E-state index in [-0.39, 0.29) is 12.0 Å². The molecule has 2 nitrogen and oxygen atoms in total. The Morgan fingerprint density at radius 2 is 1.95 bits per heavy atom. The van der Waals surface area contributed by atoms with Crippen molar-refractivity contribution < 1.29 is 4.79 Å². The maximum absolute atomic E-state index is 12.2. The molecular formula is C18H23NO. The van der Waals surface area contributed by atoms with Crippen LogP contribution in [-0.4, -0.2) is 11.5 Å². The molecule has 1 aromatic rings. The predicted molar refractivity (Wildman–Crippen MR) is 81.8 cm³/mol. The van der Waals surface area contributed by atoms with E-state index in [2.05, 4.69) is 32.9 Å². The third-order valence-corrected chi connectivity index (χ3v) is 5.40. The zero-order valence-corrected chi connectivity index (χ0v) is 12.8. The molecular weight excluding hydrogens is 246 g/mol. The third-order valence-electron chi connectivity index (χ3n) is 5.40. The maximum atomic E-state index is 12.2. The van der Waals surface area contributed by atoms with Crippen molar-refractivity contribution in [1.82, 2.24) is 0 Å². The van der Waals surface area contributed by atoms with Crippen molar-refractivity contribution in [3.63, 3.8) is 0 Å². The van der Waals surface area contributed by atoms with Crippen LogP contribution in [0.15, 0.2) is 35.3 Å². The second-order valence-electron chi connectivity index (χ2n) is 6.96. The normalized spacial score (nSPS) is 32.9. The van der Waals surface area contributed by atoms with E-state index in [1.54, 1.807) is 0 Å². The van der Waals surface area contributed by atoms with Gasteiger partial charge in [-0.3, -0.25) is 9.79 Å². The molecule has 0 bridgehead atoms. The Morgan fingerprint density at radius 1 is 1.30 bits per heavy atom. The molecule has 2 aliphatic carbocycles. The average molecular weight is 269 g/mol. The Morgan fingerprint density at radius 3 is 2.55 bits per heavy atom. The van der Waals surface area contributed by atoms with Crippen LogP contribution in [0.3, 0.4) is 0 Å². The largest absolute Gasteiger partial charge is 0.299 e. The first kappa shape index (κ1) is 13.5. The van der Waals surface area contributed by atoms with Gasteiger partial charge in [-0.15, -0.1) is 0 Å². The fourth-order valence-corrected chi connectivity index (χ4v) is 4.07. The van der Waals surface area contributed by atoms with Crippen LogP contribution in [-0.2, 0) is 4.79 Å². The molecule has 4 atom stereocenters. The summed E-state index contributed by atoms with van der Waals surface area (Å²) in [6.07, 6.45) is 0.759. The number of ketones is 1. The van der Waals surface area contributed by atoms with Crippen LogP contribution in [0.2, 0.25) is 0 Å². The van der Waals surface area contributed by atoms with E-state index in [0.717, 1.165) is 12.1 Å².